The van der Waals surface area contributed by atoms with Gasteiger partial charge in [0.1, 0.15) is 6.07 Å². The van der Waals surface area contributed by atoms with E-state index in [0.29, 0.717) is 11.6 Å². The van der Waals surface area contributed by atoms with Gasteiger partial charge in [-0.15, -0.1) is 0 Å². The molecule has 6 rings (SSSR count). The molecule has 156 valence electrons. The number of hydrogen-bond donors (Lipinski definition) is 1. The zero-order valence-electron chi connectivity index (χ0n) is 17.6. The quantitative estimate of drug-likeness (QED) is 0.701. The summed E-state index contributed by atoms with van der Waals surface area (Å²) in [6, 6.07) is 17.6. The van der Waals surface area contributed by atoms with Gasteiger partial charge in [0.05, 0.1) is 11.1 Å². The molecule has 0 bridgehead atoms. The van der Waals surface area contributed by atoms with Crippen molar-refractivity contribution in [2.75, 3.05) is 49.1 Å². The van der Waals surface area contributed by atoms with Crippen LogP contribution in [-0.4, -0.2) is 55.2 Å². The Morgan fingerprint density at radius 1 is 0.903 bits per heavy atom. The van der Waals surface area contributed by atoms with Crippen LogP contribution in [0.25, 0.3) is 10.9 Å². The summed E-state index contributed by atoms with van der Waals surface area (Å²) in [7, 11) is 0. The third kappa shape index (κ3) is 3.13. The van der Waals surface area contributed by atoms with Crippen LogP contribution in [0, 0.1) is 11.3 Å². The summed E-state index contributed by atoms with van der Waals surface area (Å²) in [6.07, 6.45) is 1.77. The summed E-state index contributed by atoms with van der Waals surface area (Å²) in [5.74, 6) is 0. The zero-order valence-corrected chi connectivity index (χ0v) is 17.6. The molecule has 1 atom stereocenters. The molecule has 2 fully saturated rings. The number of piperazine rings is 2. The lowest BCUT2D eigenvalue weighted by atomic mass is 10.0. The van der Waals surface area contributed by atoms with E-state index in [1.807, 2.05) is 12.1 Å². The molecule has 3 aliphatic heterocycles. The standard InChI is InChI=1S/C25H26N6/c26-13-18-6-7-24(21-4-2-8-28-25(18)21)31-12-10-29-9-11-30(16-20(29)17-31)23-5-1-3-19-14-27-15-22(19)23/h1-8,20,27H,9-12,14-17H2. The highest BCUT2D eigenvalue weighted by molar-refractivity contribution is 5.95. The van der Waals surface area contributed by atoms with Gasteiger partial charge < -0.3 is 15.1 Å². The molecule has 1 unspecified atom stereocenters. The number of fused-ring (bicyclic) bond motifs is 3. The number of nitrogens with zero attached hydrogens (tertiary/aromatic N) is 5. The Bertz CT molecular complexity index is 1180. The van der Waals surface area contributed by atoms with Crippen LogP contribution in [-0.2, 0) is 13.1 Å². The monoisotopic (exact) mass is 410 g/mol. The Labute approximate surface area is 182 Å². The minimum atomic E-state index is 0.495. The van der Waals surface area contributed by atoms with E-state index in [2.05, 4.69) is 61.4 Å². The minimum Gasteiger partial charge on any atom is -0.368 e. The van der Waals surface area contributed by atoms with Gasteiger partial charge in [0.25, 0.3) is 0 Å². The summed E-state index contributed by atoms with van der Waals surface area (Å²) in [4.78, 5) is 12.2. The van der Waals surface area contributed by atoms with Gasteiger partial charge in [0, 0.05) is 81.4 Å². The molecule has 6 nitrogen and oxygen atoms in total. The first-order chi connectivity index (χ1) is 15.3. The van der Waals surface area contributed by atoms with Crippen LogP contribution in [0.4, 0.5) is 11.4 Å². The molecule has 3 aliphatic rings. The third-order valence-electron chi connectivity index (χ3n) is 7.11. The van der Waals surface area contributed by atoms with Crippen molar-refractivity contribution in [2.45, 2.75) is 19.1 Å². The van der Waals surface area contributed by atoms with Crippen molar-refractivity contribution >= 4 is 22.3 Å². The molecule has 6 heteroatoms. The van der Waals surface area contributed by atoms with Crippen LogP contribution in [0.5, 0.6) is 0 Å². The second-order valence-electron chi connectivity index (χ2n) is 8.74. The van der Waals surface area contributed by atoms with Gasteiger partial charge in [-0.2, -0.15) is 5.26 Å². The van der Waals surface area contributed by atoms with E-state index in [-0.39, 0.29) is 0 Å². The van der Waals surface area contributed by atoms with Crippen molar-refractivity contribution in [1.29, 1.82) is 5.26 Å². The Morgan fingerprint density at radius 2 is 1.74 bits per heavy atom. The number of nitrogens with one attached hydrogen (secondary N) is 1. The van der Waals surface area contributed by atoms with Crippen LogP contribution in [0.1, 0.15) is 16.7 Å². The van der Waals surface area contributed by atoms with Crippen molar-refractivity contribution in [3.8, 4) is 6.07 Å². The molecule has 2 saturated heterocycles. The van der Waals surface area contributed by atoms with Crippen molar-refractivity contribution in [3.63, 3.8) is 0 Å². The van der Waals surface area contributed by atoms with Gasteiger partial charge in [-0.1, -0.05) is 12.1 Å². The molecule has 31 heavy (non-hydrogen) atoms. The second-order valence-corrected chi connectivity index (χ2v) is 8.74. The van der Waals surface area contributed by atoms with E-state index in [1.54, 1.807) is 6.20 Å². The highest BCUT2D eigenvalue weighted by atomic mass is 15.3. The van der Waals surface area contributed by atoms with E-state index in [9.17, 15) is 5.26 Å². The molecular formula is C25H26N6. The van der Waals surface area contributed by atoms with Crippen molar-refractivity contribution < 1.29 is 0 Å². The van der Waals surface area contributed by atoms with E-state index >= 15 is 0 Å². The van der Waals surface area contributed by atoms with Crippen LogP contribution in [0.2, 0.25) is 0 Å². The maximum atomic E-state index is 9.48. The van der Waals surface area contributed by atoms with E-state index in [0.717, 1.165) is 63.3 Å². The van der Waals surface area contributed by atoms with E-state index in [4.69, 9.17) is 0 Å². The maximum absolute atomic E-state index is 9.48. The number of benzene rings is 2. The first-order valence-corrected chi connectivity index (χ1v) is 11.1. The first-order valence-electron chi connectivity index (χ1n) is 11.1. The molecular weight excluding hydrogens is 384 g/mol. The van der Waals surface area contributed by atoms with Crippen molar-refractivity contribution in [1.82, 2.24) is 15.2 Å². The van der Waals surface area contributed by atoms with Gasteiger partial charge in [-0.3, -0.25) is 9.88 Å². The zero-order chi connectivity index (χ0) is 20.8. The van der Waals surface area contributed by atoms with Gasteiger partial charge in [-0.25, -0.2) is 0 Å². The van der Waals surface area contributed by atoms with Gasteiger partial charge in [0.15, 0.2) is 0 Å². The number of hydrogen-bond acceptors (Lipinski definition) is 6. The lowest BCUT2D eigenvalue weighted by Gasteiger charge is -2.49. The fraction of sp³-hybridized carbons (Fsp3) is 0.360. The van der Waals surface area contributed by atoms with Crippen LogP contribution < -0.4 is 15.1 Å². The summed E-state index contributed by atoms with van der Waals surface area (Å²) in [6.45, 7) is 8.32. The summed E-state index contributed by atoms with van der Waals surface area (Å²) in [5, 5.41) is 14.1. The lowest BCUT2D eigenvalue weighted by Crippen LogP contribution is -2.62. The molecule has 3 aromatic rings. The average molecular weight is 411 g/mol. The van der Waals surface area contributed by atoms with E-state index in [1.165, 1.54) is 22.5 Å². The third-order valence-corrected chi connectivity index (χ3v) is 7.11. The first kappa shape index (κ1) is 18.6. The Balaban J connectivity index is 1.28. The molecule has 0 radical (unpaired) electrons. The van der Waals surface area contributed by atoms with Crippen LogP contribution in [0.15, 0.2) is 48.7 Å². The number of nitriles is 1. The maximum Gasteiger partial charge on any atom is 0.101 e. The Morgan fingerprint density at radius 3 is 2.58 bits per heavy atom. The fourth-order valence-corrected chi connectivity index (χ4v) is 5.53. The number of aromatic nitrogens is 1. The second kappa shape index (κ2) is 7.52. The smallest absolute Gasteiger partial charge is 0.101 e. The van der Waals surface area contributed by atoms with Gasteiger partial charge >= 0.3 is 0 Å². The largest absolute Gasteiger partial charge is 0.368 e. The topological polar surface area (TPSA) is 58.4 Å². The molecule has 2 aromatic carbocycles. The van der Waals surface area contributed by atoms with Crippen molar-refractivity contribution in [2.24, 2.45) is 0 Å². The predicted octanol–water partition coefficient (Wildman–Crippen LogP) is 2.72. The Hall–Kier alpha value is -3.14. The summed E-state index contributed by atoms with van der Waals surface area (Å²) >= 11 is 0. The normalized spacial score (nSPS) is 21.1. The molecule has 0 spiro atoms. The van der Waals surface area contributed by atoms with Crippen LogP contribution >= 0.6 is 0 Å². The molecule has 0 aliphatic carbocycles. The number of pyridine rings is 1. The molecule has 1 N–H and O–H groups in total. The number of rotatable bonds is 2. The highest BCUT2D eigenvalue weighted by Crippen LogP contribution is 2.33. The predicted molar refractivity (Wildman–Crippen MR) is 123 cm³/mol. The summed E-state index contributed by atoms with van der Waals surface area (Å²) in [5.41, 5.74) is 6.99. The van der Waals surface area contributed by atoms with Crippen LogP contribution in [0.3, 0.4) is 0 Å². The van der Waals surface area contributed by atoms with Crippen molar-refractivity contribution in [3.05, 3.63) is 65.4 Å². The van der Waals surface area contributed by atoms with E-state index < -0.39 is 0 Å². The summed E-state index contributed by atoms with van der Waals surface area (Å²) < 4.78 is 0. The average Bonchev–Trinajstić information content (AvgIpc) is 3.32. The minimum absolute atomic E-state index is 0.495. The van der Waals surface area contributed by atoms with Gasteiger partial charge in [0.2, 0.25) is 0 Å². The molecule has 0 saturated carbocycles. The molecule has 4 heterocycles. The SMILES string of the molecule is N#Cc1ccc(N2CCN3CCN(c4cccc5c4CNC5)CC3C2)c2cccnc12. The lowest BCUT2D eigenvalue weighted by molar-refractivity contribution is 0.160. The highest BCUT2D eigenvalue weighted by Gasteiger charge is 2.34. The molecule has 1 aromatic heterocycles. The fourth-order valence-electron chi connectivity index (χ4n) is 5.53. The Kier molecular flexibility index (Phi) is 4.52. The number of anilines is 2. The van der Waals surface area contributed by atoms with Gasteiger partial charge in [-0.05, 0) is 41.5 Å². The molecule has 0 amide bonds.